The molecule has 1 aliphatic carbocycles. The van der Waals surface area contributed by atoms with Crippen LogP contribution in [0, 0.1) is 6.92 Å². The molecule has 0 unspecified atom stereocenters. The van der Waals surface area contributed by atoms with Gasteiger partial charge >= 0.3 is 6.16 Å². The fourth-order valence-corrected chi connectivity index (χ4v) is 3.47. The molecule has 1 aliphatic rings. The van der Waals surface area contributed by atoms with E-state index < -0.39 is 6.16 Å². The number of rotatable bonds is 2. The Morgan fingerprint density at radius 3 is 2.72 bits per heavy atom. The highest BCUT2D eigenvalue weighted by molar-refractivity contribution is 5.75. The third kappa shape index (κ3) is 2.39. The lowest BCUT2D eigenvalue weighted by atomic mass is 9.74. The maximum Gasteiger partial charge on any atom is 0.512 e. The summed E-state index contributed by atoms with van der Waals surface area (Å²) >= 11 is 0. The van der Waals surface area contributed by atoms with Crippen molar-refractivity contribution in [2.24, 2.45) is 0 Å². The van der Waals surface area contributed by atoms with Crippen molar-refractivity contribution in [2.75, 3.05) is 0 Å². The fourth-order valence-electron chi connectivity index (χ4n) is 3.47. The molecule has 3 aromatic rings. The van der Waals surface area contributed by atoms with Gasteiger partial charge in [-0.15, -0.1) is 5.10 Å². The summed E-state index contributed by atoms with van der Waals surface area (Å²) in [5.74, 6) is 0.125. The predicted octanol–water partition coefficient (Wildman–Crippen LogP) is 3.46. The van der Waals surface area contributed by atoms with Crippen LogP contribution >= 0.6 is 0 Å². The largest absolute Gasteiger partial charge is 0.512 e. The molecule has 2 heterocycles. The van der Waals surface area contributed by atoms with E-state index in [1.807, 2.05) is 45.0 Å². The highest BCUT2D eigenvalue weighted by Crippen LogP contribution is 2.47. The highest BCUT2D eigenvalue weighted by Gasteiger charge is 2.40. The van der Waals surface area contributed by atoms with E-state index in [9.17, 15) is 4.79 Å². The van der Waals surface area contributed by atoms with E-state index >= 15 is 0 Å². The lowest BCUT2D eigenvalue weighted by Crippen LogP contribution is -2.26. The molecule has 25 heavy (non-hydrogen) atoms. The molecule has 0 fully saturated rings. The van der Waals surface area contributed by atoms with Crippen LogP contribution in [-0.2, 0) is 11.8 Å². The number of hydrogen-bond acceptors (Lipinski definition) is 4. The van der Waals surface area contributed by atoms with Gasteiger partial charge in [-0.3, -0.25) is 5.10 Å². The molecule has 7 heteroatoms. The Bertz CT molecular complexity index is 967. The summed E-state index contributed by atoms with van der Waals surface area (Å²) in [5, 5.41) is 20.8. The number of carbonyl (C=O) groups is 1. The maximum absolute atomic E-state index is 11.2. The molecular weight excluding hydrogens is 320 g/mol. The zero-order chi connectivity index (χ0) is 17.8. The van der Waals surface area contributed by atoms with E-state index in [1.165, 1.54) is 0 Å². The van der Waals surface area contributed by atoms with Crippen LogP contribution in [0.1, 0.15) is 30.7 Å². The fraction of sp³-hybridized carbons (Fsp3) is 0.278. The van der Waals surface area contributed by atoms with Gasteiger partial charge in [0, 0.05) is 22.2 Å². The summed E-state index contributed by atoms with van der Waals surface area (Å²) in [5.41, 5.74) is 5.16. The first-order valence-electron chi connectivity index (χ1n) is 8.01. The van der Waals surface area contributed by atoms with Crippen LogP contribution in [0.25, 0.3) is 16.9 Å². The van der Waals surface area contributed by atoms with Crippen molar-refractivity contribution in [3.63, 3.8) is 0 Å². The molecule has 0 bridgehead atoms. The number of aryl methyl sites for hydroxylation is 1. The Labute approximate surface area is 144 Å². The second kappa shape index (κ2) is 5.20. The minimum atomic E-state index is -1.37. The Hall–Kier alpha value is -3.09. The van der Waals surface area contributed by atoms with Gasteiger partial charge in [-0.2, -0.15) is 5.10 Å². The molecular formula is C18H18N4O3. The van der Waals surface area contributed by atoms with Crippen molar-refractivity contribution >= 4 is 6.16 Å². The molecule has 4 rings (SSSR count). The monoisotopic (exact) mass is 338 g/mol. The van der Waals surface area contributed by atoms with E-state index in [2.05, 4.69) is 15.3 Å². The Morgan fingerprint density at radius 1 is 1.32 bits per heavy atom. The van der Waals surface area contributed by atoms with Gasteiger partial charge < -0.3 is 9.84 Å². The SMILES string of the molecule is Cc1ccc(-n2nc(OC(=O)O)c3c2-c2cn[nH]c2CC3(C)C)cc1. The van der Waals surface area contributed by atoms with Crippen LogP contribution in [0.4, 0.5) is 4.79 Å². The van der Waals surface area contributed by atoms with Gasteiger partial charge in [-0.1, -0.05) is 31.5 Å². The Balaban J connectivity index is 2.02. The average Bonchev–Trinajstić information content (AvgIpc) is 3.11. The van der Waals surface area contributed by atoms with Crippen molar-refractivity contribution in [3.05, 3.63) is 47.3 Å². The van der Waals surface area contributed by atoms with Crippen LogP contribution in [-0.4, -0.2) is 31.2 Å². The van der Waals surface area contributed by atoms with Gasteiger partial charge in [0.1, 0.15) is 0 Å². The number of fused-ring (bicyclic) bond motifs is 3. The van der Waals surface area contributed by atoms with Crippen LogP contribution < -0.4 is 4.74 Å². The first kappa shape index (κ1) is 15.4. The molecule has 0 spiro atoms. The second-order valence-electron chi connectivity index (χ2n) is 6.97. The summed E-state index contributed by atoms with van der Waals surface area (Å²) in [4.78, 5) is 11.2. The van der Waals surface area contributed by atoms with Crippen molar-refractivity contribution in [3.8, 4) is 22.8 Å². The summed E-state index contributed by atoms with van der Waals surface area (Å²) in [6.07, 6.45) is 1.08. The molecule has 0 saturated carbocycles. The number of nitrogens with one attached hydrogen (secondary N) is 1. The molecule has 128 valence electrons. The molecule has 0 saturated heterocycles. The quantitative estimate of drug-likeness (QED) is 0.698. The standard InChI is InChI=1S/C18H18N4O3/c1-10-4-6-11(7-5-10)22-15-12-9-19-20-13(12)8-18(2,3)14(15)16(21-22)25-17(23)24/h4-7,9H,8H2,1-3H3,(H,19,20)(H,23,24). The van der Waals surface area contributed by atoms with Gasteiger partial charge in [0.15, 0.2) is 0 Å². The number of aromatic amines is 1. The molecule has 0 amide bonds. The minimum absolute atomic E-state index is 0.125. The molecule has 0 aliphatic heterocycles. The smallest absolute Gasteiger partial charge is 0.449 e. The third-order valence-electron chi connectivity index (χ3n) is 4.58. The number of benzene rings is 1. The van der Waals surface area contributed by atoms with Gasteiger partial charge in [0.05, 0.1) is 17.6 Å². The molecule has 0 radical (unpaired) electrons. The topological polar surface area (TPSA) is 93.0 Å². The molecule has 0 atom stereocenters. The number of H-pyrrole nitrogens is 1. The molecule has 7 nitrogen and oxygen atoms in total. The lowest BCUT2D eigenvalue weighted by Gasteiger charge is -2.29. The van der Waals surface area contributed by atoms with Crippen LogP contribution in [0.2, 0.25) is 0 Å². The van der Waals surface area contributed by atoms with Crippen molar-refractivity contribution in [1.29, 1.82) is 0 Å². The van der Waals surface area contributed by atoms with Gasteiger partial charge in [-0.25, -0.2) is 9.48 Å². The number of nitrogens with zero attached hydrogens (tertiary/aromatic N) is 3. The molecule has 2 aromatic heterocycles. The van der Waals surface area contributed by atoms with Crippen LogP contribution in [0.3, 0.4) is 0 Å². The van der Waals surface area contributed by atoms with E-state index in [4.69, 9.17) is 9.84 Å². The average molecular weight is 338 g/mol. The molecule has 1 aromatic carbocycles. The van der Waals surface area contributed by atoms with Gasteiger partial charge in [0.2, 0.25) is 5.88 Å². The van der Waals surface area contributed by atoms with E-state index in [-0.39, 0.29) is 11.3 Å². The number of hydrogen-bond donors (Lipinski definition) is 2. The zero-order valence-corrected chi connectivity index (χ0v) is 14.2. The zero-order valence-electron chi connectivity index (χ0n) is 14.2. The summed E-state index contributed by atoms with van der Waals surface area (Å²) in [7, 11) is 0. The number of ether oxygens (including phenoxy) is 1. The summed E-state index contributed by atoms with van der Waals surface area (Å²) < 4.78 is 6.76. The van der Waals surface area contributed by atoms with E-state index in [0.717, 1.165) is 33.8 Å². The van der Waals surface area contributed by atoms with Gasteiger partial charge in [0.25, 0.3) is 0 Å². The normalized spacial score (nSPS) is 14.7. The lowest BCUT2D eigenvalue weighted by molar-refractivity contribution is 0.141. The van der Waals surface area contributed by atoms with Gasteiger partial charge in [-0.05, 0) is 25.5 Å². The van der Waals surface area contributed by atoms with E-state index in [1.54, 1.807) is 10.9 Å². The van der Waals surface area contributed by atoms with Crippen LogP contribution in [0.15, 0.2) is 30.5 Å². The first-order chi connectivity index (χ1) is 11.9. The third-order valence-corrected chi connectivity index (χ3v) is 4.58. The Kier molecular flexibility index (Phi) is 3.21. The maximum atomic E-state index is 11.2. The van der Waals surface area contributed by atoms with E-state index in [0.29, 0.717) is 6.42 Å². The highest BCUT2D eigenvalue weighted by atomic mass is 16.7. The van der Waals surface area contributed by atoms with Crippen molar-refractivity contribution in [2.45, 2.75) is 32.6 Å². The molecule has 2 N–H and O–H groups in total. The van der Waals surface area contributed by atoms with Crippen LogP contribution in [0.5, 0.6) is 5.88 Å². The summed E-state index contributed by atoms with van der Waals surface area (Å²) in [6.45, 7) is 6.11. The number of aromatic nitrogens is 4. The minimum Gasteiger partial charge on any atom is -0.449 e. The second-order valence-corrected chi connectivity index (χ2v) is 6.97. The summed E-state index contributed by atoms with van der Waals surface area (Å²) in [6, 6.07) is 7.89. The van der Waals surface area contributed by atoms with Crippen molar-refractivity contribution in [1.82, 2.24) is 20.0 Å². The number of carboxylic acid groups (broad SMARTS) is 1. The Morgan fingerprint density at radius 2 is 2.04 bits per heavy atom. The van der Waals surface area contributed by atoms with Crippen molar-refractivity contribution < 1.29 is 14.6 Å². The predicted molar refractivity (Wildman–Crippen MR) is 91.3 cm³/mol. The first-order valence-corrected chi connectivity index (χ1v) is 8.01.